The van der Waals surface area contributed by atoms with E-state index in [1.807, 2.05) is 6.07 Å². The monoisotopic (exact) mass is 251 g/mol. The number of hydrogen-bond donors (Lipinski definition) is 2. The zero-order valence-electron chi connectivity index (χ0n) is 9.18. The summed E-state index contributed by atoms with van der Waals surface area (Å²) in [5.74, 6) is 0.729. The number of anilines is 1. The van der Waals surface area contributed by atoms with Crippen LogP contribution in [0, 0.1) is 5.92 Å². The third-order valence-corrected chi connectivity index (χ3v) is 4.44. The van der Waals surface area contributed by atoms with Gasteiger partial charge in [0.05, 0.1) is 5.69 Å². The van der Waals surface area contributed by atoms with Gasteiger partial charge in [0.25, 0.3) is 10.0 Å². The zero-order valence-corrected chi connectivity index (χ0v) is 10.00. The van der Waals surface area contributed by atoms with Crippen LogP contribution < -0.4 is 10.6 Å². The number of nitrogens with one attached hydrogen (secondary N) is 2. The number of fused-ring (bicyclic) bond motifs is 1. The zero-order chi connectivity index (χ0) is 11.9. The van der Waals surface area contributed by atoms with Crippen molar-refractivity contribution in [3.8, 4) is 0 Å². The Morgan fingerprint density at radius 1 is 1.29 bits per heavy atom. The molecule has 0 aliphatic carbocycles. The van der Waals surface area contributed by atoms with Gasteiger partial charge < -0.3 is 10.6 Å². The first-order valence-corrected chi connectivity index (χ1v) is 7.02. The molecule has 0 spiro atoms. The number of para-hydroxylation sites is 1. The minimum absolute atomic E-state index is 0.165. The molecule has 2 aliphatic rings. The maximum absolute atomic E-state index is 12.0. The van der Waals surface area contributed by atoms with Crippen molar-refractivity contribution in [3.05, 3.63) is 24.3 Å². The average molecular weight is 251 g/mol. The van der Waals surface area contributed by atoms with Crippen molar-refractivity contribution < 1.29 is 8.42 Å². The summed E-state index contributed by atoms with van der Waals surface area (Å²) in [5.41, 5.74) is 0.629. The lowest BCUT2D eigenvalue weighted by atomic mass is 10.1. The van der Waals surface area contributed by atoms with Gasteiger partial charge in [0.15, 0.2) is 0 Å². The molecule has 1 unspecified atom stereocenters. The third-order valence-electron chi connectivity index (χ3n) is 3.09. The molecule has 1 aromatic rings. The molecule has 2 N–H and O–H groups in total. The minimum Gasteiger partial charge on any atom is -0.342 e. The van der Waals surface area contributed by atoms with E-state index in [1.54, 1.807) is 18.2 Å². The van der Waals surface area contributed by atoms with Crippen LogP contribution in [-0.4, -0.2) is 27.3 Å². The Morgan fingerprint density at radius 3 is 2.88 bits per heavy atom. The second kappa shape index (κ2) is 3.82. The lowest BCUT2D eigenvalue weighted by molar-refractivity contribution is 0.596. The molecule has 1 atom stereocenters. The summed E-state index contributed by atoms with van der Waals surface area (Å²) in [5, 5.41) is 6.33. The van der Waals surface area contributed by atoms with E-state index in [9.17, 15) is 8.42 Å². The SMILES string of the molecule is O=S1(=O)N=C(C2CCNC2)Nc2ccccc21. The molecular weight excluding hydrogens is 238 g/mol. The standard InChI is InChI=1S/C11H13N3O2S/c15-17(16)10-4-2-1-3-9(10)13-11(14-17)8-5-6-12-7-8/h1-4,8,12H,5-7H2,(H,13,14). The summed E-state index contributed by atoms with van der Waals surface area (Å²) in [4.78, 5) is 0.259. The molecule has 0 aromatic heterocycles. The molecule has 5 nitrogen and oxygen atoms in total. The van der Waals surface area contributed by atoms with Crippen LogP contribution in [0.5, 0.6) is 0 Å². The fraction of sp³-hybridized carbons (Fsp3) is 0.364. The smallest absolute Gasteiger partial charge is 0.286 e. The number of rotatable bonds is 1. The predicted molar refractivity (Wildman–Crippen MR) is 65.7 cm³/mol. The lowest BCUT2D eigenvalue weighted by Crippen LogP contribution is -2.29. The normalized spacial score (nSPS) is 25.9. The highest BCUT2D eigenvalue weighted by atomic mass is 32.2. The molecule has 0 radical (unpaired) electrons. The molecule has 6 heteroatoms. The van der Waals surface area contributed by atoms with Crippen LogP contribution >= 0.6 is 0 Å². The summed E-state index contributed by atoms with van der Waals surface area (Å²) in [6.45, 7) is 1.69. The summed E-state index contributed by atoms with van der Waals surface area (Å²) < 4.78 is 27.9. The van der Waals surface area contributed by atoms with Gasteiger partial charge in [0.2, 0.25) is 0 Å². The van der Waals surface area contributed by atoms with Crippen molar-refractivity contribution in [2.24, 2.45) is 10.3 Å². The van der Waals surface area contributed by atoms with E-state index in [0.717, 1.165) is 19.5 Å². The van der Waals surface area contributed by atoms with E-state index in [1.165, 1.54) is 0 Å². The molecule has 1 fully saturated rings. The van der Waals surface area contributed by atoms with Gasteiger partial charge in [0, 0.05) is 12.5 Å². The number of amidine groups is 1. The Morgan fingerprint density at radius 2 is 2.12 bits per heavy atom. The lowest BCUT2D eigenvalue weighted by Gasteiger charge is -2.21. The maximum Gasteiger partial charge on any atom is 0.286 e. The second-order valence-electron chi connectivity index (χ2n) is 4.26. The highest BCUT2D eigenvalue weighted by molar-refractivity contribution is 7.90. The van der Waals surface area contributed by atoms with E-state index in [2.05, 4.69) is 15.0 Å². The minimum atomic E-state index is -3.53. The van der Waals surface area contributed by atoms with Crippen molar-refractivity contribution in [2.45, 2.75) is 11.3 Å². The summed E-state index contributed by atoms with van der Waals surface area (Å²) >= 11 is 0. The fourth-order valence-electron chi connectivity index (χ4n) is 2.20. The van der Waals surface area contributed by atoms with Crippen LogP contribution in [0.1, 0.15) is 6.42 Å². The van der Waals surface area contributed by atoms with E-state index in [0.29, 0.717) is 11.5 Å². The topological polar surface area (TPSA) is 70.6 Å². The van der Waals surface area contributed by atoms with Crippen LogP contribution in [-0.2, 0) is 10.0 Å². The van der Waals surface area contributed by atoms with Gasteiger partial charge in [-0.15, -0.1) is 4.40 Å². The van der Waals surface area contributed by atoms with Gasteiger partial charge >= 0.3 is 0 Å². The molecule has 0 bridgehead atoms. The molecule has 17 heavy (non-hydrogen) atoms. The molecule has 90 valence electrons. The molecule has 3 rings (SSSR count). The second-order valence-corrected chi connectivity index (χ2v) is 5.84. The molecule has 0 saturated carbocycles. The molecule has 1 aromatic carbocycles. The van der Waals surface area contributed by atoms with E-state index in [4.69, 9.17) is 0 Å². The van der Waals surface area contributed by atoms with Gasteiger partial charge in [-0.3, -0.25) is 0 Å². The van der Waals surface area contributed by atoms with Gasteiger partial charge in [-0.05, 0) is 25.1 Å². The quantitative estimate of drug-likeness (QED) is 0.775. The van der Waals surface area contributed by atoms with E-state index in [-0.39, 0.29) is 10.8 Å². The van der Waals surface area contributed by atoms with Crippen LogP contribution in [0.2, 0.25) is 0 Å². The Bertz CT molecular complexity index is 574. The molecule has 0 amide bonds. The van der Waals surface area contributed by atoms with E-state index >= 15 is 0 Å². The van der Waals surface area contributed by atoms with Gasteiger partial charge in [-0.2, -0.15) is 8.42 Å². The Labute approximate surface area is 100 Å². The highest BCUT2D eigenvalue weighted by Crippen LogP contribution is 2.28. The first-order valence-electron chi connectivity index (χ1n) is 5.58. The van der Waals surface area contributed by atoms with Gasteiger partial charge in [-0.25, -0.2) is 0 Å². The summed E-state index contributed by atoms with van der Waals surface area (Å²) in [7, 11) is -3.53. The van der Waals surface area contributed by atoms with E-state index < -0.39 is 10.0 Å². The van der Waals surface area contributed by atoms with Crippen LogP contribution in [0.4, 0.5) is 5.69 Å². The van der Waals surface area contributed by atoms with Crippen molar-refractivity contribution in [2.75, 3.05) is 18.4 Å². The first kappa shape index (κ1) is 10.7. The number of nitrogens with zero attached hydrogens (tertiary/aromatic N) is 1. The largest absolute Gasteiger partial charge is 0.342 e. The predicted octanol–water partition coefficient (Wildman–Crippen LogP) is 0.809. The number of sulfonamides is 1. The highest BCUT2D eigenvalue weighted by Gasteiger charge is 2.29. The van der Waals surface area contributed by atoms with Gasteiger partial charge in [-0.1, -0.05) is 12.1 Å². The van der Waals surface area contributed by atoms with Crippen molar-refractivity contribution in [3.63, 3.8) is 0 Å². The summed E-state index contributed by atoms with van der Waals surface area (Å²) in [6.07, 6.45) is 0.920. The molecule has 1 saturated heterocycles. The summed E-state index contributed by atoms with van der Waals surface area (Å²) in [6, 6.07) is 6.86. The van der Waals surface area contributed by atoms with Crippen molar-refractivity contribution in [1.29, 1.82) is 0 Å². The Kier molecular flexibility index (Phi) is 2.41. The van der Waals surface area contributed by atoms with Crippen molar-refractivity contribution >= 4 is 21.5 Å². The number of hydrogen-bond acceptors (Lipinski definition) is 4. The Balaban J connectivity index is 2.04. The molecular formula is C11H13N3O2S. The number of benzene rings is 1. The van der Waals surface area contributed by atoms with Crippen LogP contribution in [0.25, 0.3) is 0 Å². The van der Waals surface area contributed by atoms with Crippen LogP contribution in [0.3, 0.4) is 0 Å². The Hall–Kier alpha value is -1.40. The third kappa shape index (κ3) is 1.83. The fourth-order valence-corrected chi connectivity index (χ4v) is 3.40. The first-order chi connectivity index (χ1) is 8.17. The van der Waals surface area contributed by atoms with Crippen molar-refractivity contribution in [1.82, 2.24) is 5.32 Å². The molecule has 2 heterocycles. The molecule has 2 aliphatic heterocycles. The van der Waals surface area contributed by atoms with Crippen LogP contribution in [0.15, 0.2) is 33.6 Å². The van der Waals surface area contributed by atoms with Gasteiger partial charge in [0.1, 0.15) is 10.7 Å². The maximum atomic E-state index is 12.0. The average Bonchev–Trinajstić information content (AvgIpc) is 2.81.